The lowest BCUT2D eigenvalue weighted by Gasteiger charge is -2.18. The molecular formula is C46H89NO9. The van der Waals surface area contributed by atoms with Crippen LogP contribution in [0.2, 0.25) is 0 Å². The summed E-state index contributed by atoms with van der Waals surface area (Å²) >= 11 is 0. The minimum Gasteiger partial charge on any atom is -0.464 e. The Labute approximate surface area is 344 Å². The lowest BCUT2D eigenvalue weighted by Crippen LogP contribution is -2.20. The zero-order chi connectivity index (χ0) is 41.3. The van der Waals surface area contributed by atoms with Gasteiger partial charge in [-0.05, 0) is 89.8 Å². The number of ether oxygens (including phenoxy) is 6. The van der Waals surface area contributed by atoms with Gasteiger partial charge in [-0.3, -0.25) is 0 Å². The SMILES string of the molecule is CCCCCC(CCCCC)CCOC(=O)COCCOCCCC(CCCOC(=O)COCC(=O)OCCC(CCCCC)CCCCC)CCCN(C)C. The number of esters is 3. The molecule has 0 spiro atoms. The number of rotatable bonds is 43. The lowest BCUT2D eigenvalue weighted by atomic mass is 9.92. The highest BCUT2D eigenvalue weighted by Gasteiger charge is 2.14. The Balaban J connectivity index is 4.17. The number of unbranched alkanes of at least 4 members (excludes halogenated alkanes) is 8. The average Bonchev–Trinajstić information content (AvgIpc) is 3.17. The van der Waals surface area contributed by atoms with E-state index in [2.05, 4.69) is 46.7 Å². The Kier molecular flexibility index (Phi) is 40.1. The number of hydrogen-bond acceptors (Lipinski definition) is 10. The van der Waals surface area contributed by atoms with Crippen molar-refractivity contribution in [1.29, 1.82) is 0 Å². The fraction of sp³-hybridized carbons (Fsp3) is 0.935. The molecule has 0 saturated carbocycles. The monoisotopic (exact) mass is 800 g/mol. The van der Waals surface area contributed by atoms with Crippen LogP contribution >= 0.6 is 0 Å². The van der Waals surface area contributed by atoms with E-state index in [0.29, 0.717) is 57.4 Å². The van der Waals surface area contributed by atoms with Crippen LogP contribution in [0, 0.1) is 17.8 Å². The Hall–Kier alpha value is -1.75. The van der Waals surface area contributed by atoms with Crippen molar-refractivity contribution < 1.29 is 42.8 Å². The van der Waals surface area contributed by atoms with Crippen LogP contribution in [-0.2, 0) is 42.8 Å². The summed E-state index contributed by atoms with van der Waals surface area (Å²) in [5.41, 5.74) is 0. The van der Waals surface area contributed by atoms with E-state index >= 15 is 0 Å². The molecule has 1 atom stereocenters. The molecule has 10 heteroatoms. The number of carbonyl (C=O) groups excluding carboxylic acids is 3. The van der Waals surface area contributed by atoms with Gasteiger partial charge in [0.2, 0.25) is 0 Å². The van der Waals surface area contributed by atoms with Crippen LogP contribution < -0.4 is 0 Å². The summed E-state index contributed by atoms with van der Waals surface area (Å²) in [7, 11) is 4.18. The summed E-state index contributed by atoms with van der Waals surface area (Å²) in [6.45, 7) is 12.1. The van der Waals surface area contributed by atoms with E-state index in [4.69, 9.17) is 28.4 Å². The molecule has 10 nitrogen and oxygen atoms in total. The first kappa shape index (κ1) is 54.2. The predicted molar refractivity (Wildman–Crippen MR) is 228 cm³/mol. The summed E-state index contributed by atoms with van der Waals surface area (Å²) in [6, 6.07) is 0. The fourth-order valence-corrected chi connectivity index (χ4v) is 7.16. The number of nitrogens with zero attached hydrogens (tertiary/aromatic N) is 1. The molecule has 56 heavy (non-hydrogen) atoms. The highest BCUT2D eigenvalue weighted by Crippen LogP contribution is 2.23. The molecule has 0 aliphatic heterocycles. The molecule has 0 saturated heterocycles. The molecule has 0 rings (SSSR count). The molecule has 0 heterocycles. The summed E-state index contributed by atoms with van der Waals surface area (Å²) in [5.74, 6) is 0.575. The Morgan fingerprint density at radius 3 is 1.18 bits per heavy atom. The van der Waals surface area contributed by atoms with E-state index in [1.807, 2.05) is 0 Å². The Morgan fingerprint density at radius 2 is 0.732 bits per heavy atom. The molecule has 0 aromatic heterocycles. The van der Waals surface area contributed by atoms with Gasteiger partial charge >= 0.3 is 17.9 Å². The highest BCUT2D eigenvalue weighted by molar-refractivity contribution is 5.73. The zero-order valence-corrected chi connectivity index (χ0v) is 37.4. The van der Waals surface area contributed by atoms with Gasteiger partial charge in [-0.2, -0.15) is 0 Å². The molecule has 332 valence electrons. The third-order valence-electron chi connectivity index (χ3n) is 10.6. The van der Waals surface area contributed by atoms with Crippen molar-refractivity contribution in [2.45, 2.75) is 182 Å². The van der Waals surface area contributed by atoms with Gasteiger partial charge in [-0.25, -0.2) is 14.4 Å². The second-order valence-electron chi connectivity index (χ2n) is 16.2. The van der Waals surface area contributed by atoms with Gasteiger partial charge in [0, 0.05) is 6.61 Å². The van der Waals surface area contributed by atoms with E-state index in [0.717, 1.165) is 57.9 Å². The normalized spacial score (nSPS) is 12.2. The molecular weight excluding hydrogens is 711 g/mol. The number of hydrogen-bond donors (Lipinski definition) is 0. The van der Waals surface area contributed by atoms with Crippen molar-refractivity contribution in [3.8, 4) is 0 Å². The topological polar surface area (TPSA) is 110 Å². The molecule has 0 radical (unpaired) electrons. The third-order valence-corrected chi connectivity index (χ3v) is 10.6. The van der Waals surface area contributed by atoms with Gasteiger partial charge in [0.25, 0.3) is 0 Å². The minimum atomic E-state index is -0.456. The van der Waals surface area contributed by atoms with E-state index in [9.17, 15) is 14.4 Å². The second-order valence-corrected chi connectivity index (χ2v) is 16.2. The van der Waals surface area contributed by atoms with Crippen LogP contribution in [0.5, 0.6) is 0 Å². The standard InChI is InChI=1S/C46H89NO9/c1-7-11-15-22-42(23-16-12-8-2)29-34-55-44(48)38-52-37-36-51-32-20-27-41(26-19-31-47(5)6)28-21-33-54-45(49)39-53-40-46(50)56-35-30-43(24-17-13-9-3)25-18-14-10-4/h41-43H,7-40H2,1-6H3. The lowest BCUT2D eigenvalue weighted by molar-refractivity contribution is -0.156. The molecule has 0 aliphatic carbocycles. The molecule has 0 N–H and O–H groups in total. The quantitative estimate of drug-likeness (QED) is 0.0336. The average molecular weight is 800 g/mol. The van der Waals surface area contributed by atoms with Crippen molar-refractivity contribution in [3.05, 3.63) is 0 Å². The van der Waals surface area contributed by atoms with E-state index in [1.165, 1.54) is 103 Å². The van der Waals surface area contributed by atoms with Crippen LogP contribution in [0.1, 0.15) is 182 Å². The fourth-order valence-electron chi connectivity index (χ4n) is 7.16. The first-order valence-corrected chi connectivity index (χ1v) is 23.1. The Morgan fingerprint density at radius 1 is 0.375 bits per heavy atom. The van der Waals surface area contributed by atoms with E-state index in [1.54, 1.807) is 0 Å². The maximum Gasteiger partial charge on any atom is 0.332 e. The van der Waals surface area contributed by atoms with Gasteiger partial charge in [0.05, 0.1) is 33.0 Å². The predicted octanol–water partition coefficient (Wildman–Crippen LogP) is 10.5. The van der Waals surface area contributed by atoms with Crippen molar-refractivity contribution in [3.63, 3.8) is 0 Å². The van der Waals surface area contributed by atoms with Crippen LogP contribution in [0.3, 0.4) is 0 Å². The van der Waals surface area contributed by atoms with Crippen LogP contribution in [0.4, 0.5) is 0 Å². The van der Waals surface area contributed by atoms with Crippen molar-refractivity contribution in [2.24, 2.45) is 17.8 Å². The minimum absolute atomic E-state index is 0.0319. The molecule has 0 fully saturated rings. The van der Waals surface area contributed by atoms with Crippen LogP contribution in [0.25, 0.3) is 0 Å². The van der Waals surface area contributed by atoms with Crippen LogP contribution in [0.15, 0.2) is 0 Å². The maximum absolute atomic E-state index is 12.2. The number of carbonyl (C=O) groups is 3. The molecule has 0 bridgehead atoms. The van der Waals surface area contributed by atoms with Gasteiger partial charge in [-0.15, -0.1) is 0 Å². The van der Waals surface area contributed by atoms with Crippen molar-refractivity contribution in [2.75, 3.05) is 80.1 Å². The van der Waals surface area contributed by atoms with Crippen molar-refractivity contribution >= 4 is 17.9 Å². The first-order chi connectivity index (χ1) is 27.2. The van der Waals surface area contributed by atoms with E-state index < -0.39 is 11.9 Å². The zero-order valence-electron chi connectivity index (χ0n) is 37.4. The summed E-state index contributed by atoms with van der Waals surface area (Å²) < 4.78 is 32.8. The first-order valence-electron chi connectivity index (χ1n) is 23.1. The largest absolute Gasteiger partial charge is 0.464 e. The van der Waals surface area contributed by atoms with Crippen LogP contribution in [-0.4, -0.2) is 103 Å². The van der Waals surface area contributed by atoms with Crippen molar-refractivity contribution in [1.82, 2.24) is 4.90 Å². The van der Waals surface area contributed by atoms with Gasteiger partial charge in [0.1, 0.15) is 19.8 Å². The highest BCUT2D eigenvalue weighted by atomic mass is 16.6. The Bertz CT molecular complexity index is 867. The summed E-state index contributed by atoms with van der Waals surface area (Å²) in [5, 5.41) is 0. The molecule has 0 aromatic rings. The molecule has 0 aliphatic rings. The van der Waals surface area contributed by atoms with Gasteiger partial charge < -0.3 is 33.3 Å². The molecule has 0 aromatic carbocycles. The van der Waals surface area contributed by atoms with Gasteiger partial charge in [0.15, 0.2) is 0 Å². The second kappa shape index (κ2) is 41.4. The summed E-state index contributed by atoms with van der Waals surface area (Å²) in [4.78, 5) is 38.8. The van der Waals surface area contributed by atoms with E-state index in [-0.39, 0.29) is 25.8 Å². The van der Waals surface area contributed by atoms with Gasteiger partial charge in [-0.1, -0.05) is 130 Å². The molecule has 1 unspecified atom stereocenters. The third kappa shape index (κ3) is 37.8. The maximum atomic E-state index is 12.2. The summed E-state index contributed by atoms with van der Waals surface area (Å²) in [6.07, 6.45) is 27.5. The smallest absolute Gasteiger partial charge is 0.332 e. The molecule has 0 amide bonds.